The van der Waals surface area contributed by atoms with Crippen molar-refractivity contribution in [2.24, 2.45) is 0 Å². The van der Waals surface area contributed by atoms with Crippen molar-refractivity contribution in [3.63, 3.8) is 0 Å². The fraction of sp³-hybridized carbons (Fsp3) is 0.267. The molecule has 0 aliphatic heterocycles. The average Bonchev–Trinajstić information content (AvgIpc) is 3.34. The molecule has 7 heteroatoms. The Hall–Kier alpha value is -2.90. The molecule has 3 aromatic carbocycles. The first kappa shape index (κ1) is 27.1. The minimum Gasteiger partial charge on any atom is -0.440 e. The number of benzene rings is 3. The Kier molecular flexibility index (Phi) is 8.87. The molecule has 6 nitrogen and oxygen atoms in total. The molecular weight excluding hydrogens is 477 g/mol. The van der Waals surface area contributed by atoms with Gasteiger partial charge in [-0.15, -0.1) is 0 Å². The summed E-state index contributed by atoms with van der Waals surface area (Å²) in [5.41, 5.74) is 2.55. The summed E-state index contributed by atoms with van der Waals surface area (Å²) < 4.78 is 6.46. The summed E-state index contributed by atoms with van der Waals surface area (Å²) in [6.45, 7) is 1.28. The molecule has 1 N–H and O–H groups in total. The molecule has 0 amide bonds. The van der Waals surface area contributed by atoms with Gasteiger partial charge >= 0.3 is 5.97 Å². The molecular formula is C30H29NNaO5. The largest absolute Gasteiger partial charge is 0.440 e. The summed E-state index contributed by atoms with van der Waals surface area (Å²) in [6, 6.07) is 27.2. The van der Waals surface area contributed by atoms with E-state index < -0.39 is 11.6 Å². The Morgan fingerprint density at radius 2 is 1.70 bits per heavy atom. The van der Waals surface area contributed by atoms with Gasteiger partial charge in [0.25, 0.3) is 0 Å². The van der Waals surface area contributed by atoms with Crippen molar-refractivity contribution in [2.75, 3.05) is 0 Å². The van der Waals surface area contributed by atoms with Gasteiger partial charge in [-0.2, -0.15) is 0 Å². The third kappa shape index (κ3) is 6.33. The van der Waals surface area contributed by atoms with Crippen molar-refractivity contribution >= 4 is 35.5 Å². The van der Waals surface area contributed by atoms with Crippen molar-refractivity contribution in [3.8, 4) is 28.3 Å². The molecule has 1 radical (unpaired) electrons. The summed E-state index contributed by atoms with van der Waals surface area (Å²) in [5.74, 6) is 0.888. The van der Waals surface area contributed by atoms with Crippen LogP contribution in [0.5, 0.6) is 5.75 Å². The molecule has 37 heavy (non-hydrogen) atoms. The maximum Gasteiger partial charge on any atom is 0.352 e. The molecule has 1 aliphatic rings. The molecule has 4 aromatic rings. The Morgan fingerprint density at radius 1 is 1.00 bits per heavy atom. The smallest absolute Gasteiger partial charge is 0.352 e. The summed E-state index contributed by atoms with van der Waals surface area (Å²) in [6.07, 6.45) is 3.74. The number of hydrogen-bond acceptors (Lipinski definition) is 6. The minimum atomic E-state index is -1.04. The number of oxazole rings is 1. The van der Waals surface area contributed by atoms with Gasteiger partial charge in [0, 0.05) is 54.0 Å². The van der Waals surface area contributed by atoms with Crippen LogP contribution in [-0.2, 0) is 16.1 Å². The van der Waals surface area contributed by atoms with E-state index in [1.165, 1.54) is 6.92 Å². The van der Waals surface area contributed by atoms with E-state index in [2.05, 4.69) is 4.89 Å². The zero-order chi connectivity index (χ0) is 25.0. The van der Waals surface area contributed by atoms with Crippen LogP contribution in [0.2, 0.25) is 0 Å². The number of rotatable bonds is 7. The molecule has 2 atom stereocenters. The molecule has 0 unspecified atom stereocenters. The molecule has 1 saturated carbocycles. The topological polar surface area (TPSA) is 81.8 Å². The second-order valence-electron chi connectivity index (χ2n) is 9.35. The zero-order valence-corrected chi connectivity index (χ0v) is 23.2. The quantitative estimate of drug-likeness (QED) is 0.185. The Labute approximate surface area is 238 Å². The van der Waals surface area contributed by atoms with Crippen LogP contribution in [0.1, 0.15) is 50.0 Å². The van der Waals surface area contributed by atoms with E-state index in [0.717, 1.165) is 41.6 Å². The van der Waals surface area contributed by atoms with Gasteiger partial charge in [0.15, 0.2) is 11.5 Å². The predicted octanol–water partition coefficient (Wildman–Crippen LogP) is 6.12. The van der Waals surface area contributed by atoms with Crippen molar-refractivity contribution in [2.45, 2.75) is 50.5 Å². The second kappa shape index (κ2) is 12.1. The molecule has 0 saturated heterocycles. The number of carbonyl (C=O) groups excluding carboxylic acids is 1. The van der Waals surface area contributed by atoms with Gasteiger partial charge in [-0.3, -0.25) is 9.78 Å². The van der Waals surface area contributed by atoms with Crippen LogP contribution < -0.4 is 4.89 Å². The third-order valence-corrected chi connectivity index (χ3v) is 6.69. The van der Waals surface area contributed by atoms with Gasteiger partial charge < -0.3 is 9.52 Å². The van der Waals surface area contributed by atoms with E-state index >= 15 is 0 Å². The van der Waals surface area contributed by atoms with Crippen LogP contribution in [-0.4, -0.2) is 51.2 Å². The molecule has 1 heterocycles. The maximum absolute atomic E-state index is 12.0. The van der Waals surface area contributed by atoms with Crippen molar-refractivity contribution in [1.29, 1.82) is 0 Å². The summed E-state index contributed by atoms with van der Waals surface area (Å²) >= 11 is 0. The SMILES string of the molecule is CC(=O)OOc1cccc(C[C@]2(O)CCCC[C@@H]2c2nc(-c3ccccc3)c(-c3ccccc3)o2)c1.[Na]. The maximum atomic E-state index is 12.0. The molecule has 1 fully saturated rings. The first-order valence-corrected chi connectivity index (χ1v) is 12.3. The van der Waals surface area contributed by atoms with Crippen LogP contribution in [0.15, 0.2) is 89.3 Å². The fourth-order valence-electron chi connectivity index (χ4n) is 5.02. The first-order chi connectivity index (χ1) is 17.5. The molecule has 0 bridgehead atoms. The van der Waals surface area contributed by atoms with Gasteiger partial charge in [0.2, 0.25) is 5.89 Å². The number of carbonyl (C=O) groups is 1. The van der Waals surface area contributed by atoms with Crippen molar-refractivity contribution < 1.29 is 24.1 Å². The van der Waals surface area contributed by atoms with Gasteiger partial charge in [0.1, 0.15) is 5.69 Å². The van der Waals surface area contributed by atoms with E-state index in [1.54, 1.807) is 12.1 Å². The molecule has 0 spiro atoms. The normalized spacial score (nSPS) is 19.0. The van der Waals surface area contributed by atoms with E-state index in [1.807, 2.05) is 72.8 Å². The van der Waals surface area contributed by atoms with E-state index in [9.17, 15) is 9.90 Å². The predicted molar refractivity (Wildman–Crippen MR) is 142 cm³/mol. The summed E-state index contributed by atoms with van der Waals surface area (Å²) in [7, 11) is 0. The Bertz CT molecular complexity index is 1270. The number of nitrogens with zero attached hydrogens (tertiary/aromatic N) is 1. The van der Waals surface area contributed by atoms with E-state index in [0.29, 0.717) is 30.2 Å². The number of hydrogen-bond donors (Lipinski definition) is 1. The molecule has 5 rings (SSSR count). The molecule has 1 aliphatic carbocycles. The van der Waals surface area contributed by atoms with Gasteiger partial charge in [-0.05, 0) is 30.5 Å². The van der Waals surface area contributed by atoms with Crippen LogP contribution in [0.4, 0.5) is 0 Å². The summed E-state index contributed by atoms with van der Waals surface area (Å²) in [5, 5.41) is 12.0. The number of aliphatic hydroxyl groups is 1. The Balaban J connectivity index is 0.00000320. The zero-order valence-electron chi connectivity index (χ0n) is 21.2. The fourth-order valence-corrected chi connectivity index (χ4v) is 5.02. The van der Waals surface area contributed by atoms with Crippen molar-refractivity contribution in [3.05, 3.63) is 96.4 Å². The minimum absolute atomic E-state index is 0. The first-order valence-electron chi connectivity index (χ1n) is 12.3. The summed E-state index contributed by atoms with van der Waals surface area (Å²) in [4.78, 5) is 25.8. The molecule has 1 aromatic heterocycles. The monoisotopic (exact) mass is 506 g/mol. The van der Waals surface area contributed by atoms with Crippen LogP contribution in [0, 0.1) is 0 Å². The molecule has 185 valence electrons. The van der Waals surface area contributed by atoms with E-state index in [-0.39, 0.29) is 35.5 Å². The van der Waals surface area contributed by atoms with Gasteiger partial charge in [0.05, 0.1) is 11.5 Å². The Morgan fingerprint density at radius 3 is 2.41 bits per heavy atom. The average molecular weight is 507 g/mol. The van der Waals surface area contributed by atoms with Crippen molar-refractivity contribution in [1.82, 2.24) is 4.98 Å². The second-order valence-corrected chi connectivity index (χ2v) is 9.35. The van der Waals surface area contributed by atoms with Crippen LogP contribution in [0.3, 0.4) is 0 Å². The van der Waals surface area contributed by atoms with Gasteiger partial charge in [-0.1, -0.05) is 85.6 Å². The van der Waals surface area contributed by atoms with Crippen LogP contribution >= 0.6 is 0 Å². The van der Waals surface area contributed by atoms with Gasteiger partial charge in [-0.25, -0.2) is 9.78 Å². The third-order valence-electron chi connectivity index (χ3n) is 6.69. The number of aromatic nitrogens is 1. The van der Waals surface area contributed by atoms with E-state index in [4.69, 9.17) is 14.3 Å². The standard InChI is InChI=1S/C30H29NO5.Na/c1-21(32)35-36-25-16-10-11-22(19-25)20-30(33)18-9-8-17-26(30)29-31-27(23-12-4-2-5-13-23)28(34-29)24-14-6-3-7-15-24;/h2-7,10-16,19,26,33H,8-9,17-18,20H2,1H3;/t26-,30-;/m1./s1. The van der Waals surface area contributed by atoms with Crippen LogP contribution in [0.25, 0.3) is 22.6 Å².